The second-order valence-electron chi connectivity index (χ2n) is 5.75. The molecule has 1 aliphatic heterocycles. The topological polar surface area (TPSA) is 47.0 Å². The maximum Gasteiger partial charge on any atom is 0.225 e. The van der Waals surface area contributed by atoms with Crippen LogP contribution >= 0.6 is 22.9 Å². The van der Waals surface area contributed by atoms with Crippen LogP contribution in [0.4, 0.5) is 5.95 Å². The summed E-state index contributed by atoms with van der Waals surface area (Å²) in [7, 11) is 0. The zero-order valence-electron chi connectivity index (χ0n) is 11.8. The van der Waals surface area contributed by atoms with Gasteiger partial charge in [0.15, 0.2) is 0 Å². The number of fused-ring (bicyclic) bond motifs is 3. The molecule has 1 atom stereocenters. The molecule has 4 rings (SSSR count). The van der Waals surface area contributed by atoms with E-state index in [1.807, 2.05) is 0 Å². The summed E-state index contributed by atoms with van der Waals surface area (Å²) in [6.07, 6.45) is 7.32. The first kappa shape index (κ1) is 13.7. The maximum atomic E-state index is 6.42. The SMILES string of the molecule is Clc1nc(NCC2CCCO2)nc2sc3c(c12)CCCC3. The predicted octanol–water partition coefficient (Wildman–Crippen LogP) is 3.81. The van der Waals surface area contributed by atoms with E-state index in [0.29, 0.717) is 11.1 Å². The zero-order chi connectivity index (χ0) is 14.2. The van der Waals surface area contributed by atoms with Gasteiger partial charge >= 0.3 is 0 Å². The Morgan fingerprint density at radius 1 is 1.24 bits per heavy atom. The molecule has 21 heavy (non-hydrogen) atoms. The summed E-state index contributed by atoms with van der Waals surface area (Å²) >= 11 is 8.20. The van der Waals surface area contributed by atoms with Gasteiger partial charge in [0.25, 0.3) is 0 Å². The molecule has 1 unspecified atom stereocenters. The number of anilines is 1. The normalized spacial score (nSPS) is 21.7. The van der Waals surface area contributed by atoms with Crippen molar-refractivity contribution in [2.75, 3.05) is 18.5 Å². The van der Waals surface area contributed by atoms with Crippen molar-refractivity contribution < 1.29 is 4.74 Å². The molecule has 0 spiro atoms. The molecule has 2 aromatic heterocycles. The van der Waals surface area contributed by atoms with E-state index in [4.69, 9.17) is 16.3 Å². The number of hydrogen-bond acceptors (Lipinski definition) is 5. The molecule has 4 nitrogen and oxygen atoms in total. The van der Waals surface area contributed by atoms with Crippen LogP contribution in [-0.2, 0) is 17.6 Å². The molecule has 2 aromatic rings. The summed E-state index contributed by atoms with van der Waals surface area (Å²) in [6.45, 7) is 1.62. The average Bonchev–Trinajstić information content (AvgIpc) is 3.12. The highest BCUT2D eigenvalue weighted by molar-refractivity contribution is 7.19. The standard InChI is InChI=1S/C15H18ClN3OS/c16-13-12-10-5-1-2-6-11(10)21-14(12)19-15(18-13)17-8-9-4-3-7-20-9/h9H,1-8H2,(H,17,18,19). The largest absolute Gasteiger partial charge is 0.376 e. The van der Waals surface area contributed by atoms with Crippen LogP contribution < -0.4 is 5.32 Å². The number of aryl methyl sites for hydroxylation is 2. The number of thiophene rings is 1. The monoisotopic (exact) mass is 323 g/mol. The fourth-order valence-corrected chi connectivity index (χ4v) is 4.80. The predicted molar refractivity (Wildman–Crippen MR) is 86.5 cm³/mol. The van der Waals surface area contributed by atoms with Crippen LogP contribution in [0, 0.1) is 0 Å². The van der Waals surface area contributed by atoms with Crippen molar-refractivity contribution >= 4 is 39.1 Å². The quantitative estimate of drug-likeness (QED) is 0.872. The third-order valence-electron chi connectivity index (χ3n) is 4.28. The lowest BCUT2D eigenvalue weighted by molar-refractivity contribution is 0.120. The van der Waals surface area contributed by atoms with Crippen molar-refractivity contribution in [1.82, 2.24) is 9.97 Å². The molecule has 1 fully saturated rings. The van der Waals surface area contributed by atoms with Gasteiger partial charge in [-0.1, -0.05) is 11.6 Å². The third kappa shape index (κ3) is 2.62. The molecule has 0 amide bonds. The van der Waals surface area contributed by atoms with Crippen molar-refractivity contribution in [3.63, 3.8) is 0 Å². The second kappa shape index (κ2) is 5.71. The van der Waals surface area contributed by atoms with E-state index >= 15 is 0 Å². The summed E-state index contributed by atoms with van der Waals surface area (Å²) in [4.78, 5) is 11.6. The van der Waals surface area contributed by atoms with Gasteiger partial charge in [-0.3, -0.25) is 0 Å². The van der Waals surface area contributed by atoms with Crippen molar-refractivity contribution in [2.45, 2.75) is 44.6 Å². The number of ether oxygens (including phenoxy) is 1. The van der Waals surface area contributed by atoms with Gasteiger partial charge in [0, 0.05) is 18.0 Å². The Kier molecular flexibility index (Phi) is 3.73. The van der Waals surface area contributed by atoms with Gasteiger partial charge in [-0.05, 0) is 44.1 Å². The van der Waals surface area contributed by atoms with Gasteiger partial charge < -0.3 is 10.1 Å². The Morgan fingerprint density at radius 3 is 3.00 bits per heavy atom. The molecule has 1 saturated heterocycles. The lowest BCUT2D eigenvalue weighted by Gasteiger charge is -2.12. The highest BCUT2D eigenvalue weighted by atomic mass is 35.5. The number of hydrogen-bond donors (Lipinski definition) is 1. The van der Waals surface area contributed by atoms with E-state index in [1.54, 1.807) is 11.3 Å². The smallest absolute Gasteiger partial charge is 0.225 e. The first-order valence-corrected chi connectivity index (χ1v) is 8.84. The Balaban J connectivity index is 1.62. The molecule has 0 saturated carbocycles. The van der Waals surface area contributed by atoms with Crippen molar-refractivity contribution in [3.8, 4) is 0 Å². The highest BCUT2D eigenvalue weighted by Crippen LogP contribution is 2.38. The molecular weight excluding hydrogens is 306 g/mol. The van der Waals surface area contributed by atoms with Crippen molar-refractivity contribution in [2.24, 2.45) is 0 Å². The minimum atomic E-state index is 0.277. The Bertz CT molecular complexity index is 666. The zero-order valence-corrected chi connectivity index (χ0v) is 13.4. The number of nitrogens with one attached hydrogen (secondary N) is 1. The summed E-state index contributed by atoms with van der Waals surface area (Å²) < 4.78 is 5.61. The Labute approximate surface area is 132 Å². The van der Waals surface area contributed by atoms with Gasteiger partial charge in [0.1, 0.15) is 9.98 Å². The van der Waals surface area contributed by atoms with Crippen LogP contribution in [0.5, 0.6) is 0 Å². The number of nitrogens with zero attached hydrogens (tertiary/aromatic N) is 2. The van der Waals surface area contributed by atoms with E-state index in [2.05, 4.69) is 15.3 Å². The molecule has 3 heterocycles. The first-order chi connectivity index (χ1) is 10.3. The van der Waals surface area contributed by atoms with E-state index < -0.39 is 0 Å². The van der Waals surface area contributed by atoms with Gasteiger partial charge in [-0.25, -0.2) is 9.97 Å². The fraction of sp³-hybridized carbons (Fsp3) is 0.600. The van der Waals surface area contributed by atoms with Gasteiger partial charge in [0.05, 0.1) is 11.5 Å². The fourth-order valence-electron chi connectivity index (χ4n) is 3.20. The van der Waals surface area contributed by atoms with Crippen LogP contribution in [0.25, 0.3) is 10.2 Å². The molecule has 1 aliphatic carbocycles. The summed E-state index contributed by atoms with van der Waals surface area (Å²) in [5, 5.41) is 4.95. The van der Waals surface area contributed by atoms with E-state index in [1.165, 1.54) is 23.3 Å². The van der Waals surface area contributed by atoms with Crippen LogP contribution in [0.15, 0.2) is 0 Å². The van der Waals surface area contributed by atoms with Gasteiger partial charge in [0.2, 0.25) is 5.95 Å². The average molecular weight is 324 g/mol. The van der Waals surface area contributed by atoms with E-state index in [9.17, 15) is 0 Å². The lowest BCUT2D eigenvalue weighted by Crippen LogP contribution is -2.19. The van der Waals surface area contributed by atoms with Gasteiger partial charge in [-0.2, -0.15) is 0 Å². The van der Waals surface area contributed by atoms with E-state index in [-0.39, 0.29) is 6.10 Å². The van der Waals surface area contributed by atoms with Crippen LogP contribution in [-0.4, -0.2) is 29.2 Å². The minimum Gasteiger partial charge on any atom is -0.376 e. The molecule has 1 N–H and O–H groups in total. The summed E-state index contributed by atoms with van der Waals surface area (Å²) in [6, 6.07) is 0. The molecule has 0 radical (unpaired) electrons. The Morgan fingerprint density at radius 2 is 2.14 bits per heavy atom. The molecule has 2 aliphatic rings. The maximum absolute atomic E-state index is 6.42. The molecule has 6 heteroatoms. The first-order valence-electron chi connectivity index (χ1n) is 7.64. The second-order valence-corrected chi connectivity index (χ2v) is 7.19. The Hall–Kier alpha value is -0.910. The number of halogens is 1. The summed E-state index contributed by atoms with van der Waals surface area (Å²) in [5.74, 6) is 0.626. The molecule has 0 bridgehead atoms. The van der Waals surface area contributed by atoms with Crippen molar-refractivity contribution in [1.29, 1.82) is 0 Å². The lowest BCUT2D eigenvalue weighted by atomic mass is 9.97. The summed E-state index contributed by atoms with van der Waals surface area (Å²) in [5.41, 5.74) is 1.39. The molecule has 0 aromatic carbocycles. The number of aromatic nitrogens is 2. The molecular formula is C15H18ClN3OS. The van der Waals surface area contributed by atoms with Gasteiger partial charge in [-0.15, -0.1) is 11.3 Å². The molecule has 112 valence electrons. The third-order valence-corrected chi connectivity index (χ3v) is 5.74. The number of rotatable bonds is 3. The minimum absolute atomic E-state index is 0.277. The van der Waals surface area contributed by atoms with E-state index in [0.717, 1.165) is 49.1 Å². The van der Waals surface area contributed by atoms with Crippen LogP contribution in [0.3, 0.4) is 0 Å². The van der Waals surface area contributed by atoms with Crippen molar-refractivity contribution in [3.05, 3.63) is 15.6 Å². The van der Waals surface area contributed by atoms with Crippen LogP contribution in [0.1, 0.15) is 36.1 Å². The highest BCUT2D eigenvalue weighted by Gasteiger charge is 2.21. The van der Waals surface area contributed by atoms with Crippen LogP contribution in [0.2, 0.25) is 5.15 Å².